The van der Waals surface area contributed by atoms with E-state index in [2.05, 4.69) is 21.4 Å². The van der Waals surface area contributed by atoms with E-state index in [0.717, 1.165) is 30.0 Å². The van der Waals surface area contributed by atoms with Gasteiger partial charge in [0, 0.05) is 30.2 Å². The number of hydrogen-bond donors (Lipinski definition) is 1. The summed E-state index contributed by atoms with van der Waals surface area (Å²) in [5.74, 6) is 0.995. The molecule has 0 aliphatic carbocycles. The number of anilines is 3. The summed E-state index contributed by atoms with van der Waals surface area (Å²) in [7, 11) is 1.62. The topological polar surface area (TPSA) is 67.3 Å². The van der Waals surface area contributed by atoms with Gasteiger partial charge >= 0.3 is 0 Å². The van der Waals surface area contributed by atoms with E-state index < -0.39 is 0 Å². The number of carbonyl (C=O) groups is 1. The molecule has 6 nitrogen and oxygen atoms in total. The summed E-state index contributed by atoms with van der Waals surface area (Å²) in [5, 5.41) is 3.12. The van der Waals surface area contributed by atoms with Gasteiger partial charge in [-0.25, -0.2) is 9.97 Å². The van der Waals surface area contributed by atoms with E-state index in [9.17, 15) is 4.79 Å². The van der Waals surface area contributed by atoms with Crippen molar-refractivity contribution in [3.05, 3.63) is 72.1 Å². The molecule has 1 aromatic heterocycles. The van der Waals surface area contributed by atoms with Crippen LogP contribution in [-0.2, 0) is 6.42 Å². The van der Waals surface area contributed by atoms with Crippen molar-refractivity contribution in [2.75, 3.05) is 23.9 Å². The fraction of sp³-hybridized carbons (Fsp3) is 0.190. The molecule has 1 aliphatic rings. The quantitative estimate of drug-likeness (QED) is 0.766. The average Bonchev–Trinajstić information content (AvgIpc) is 2.73. The molecule has 2 heterocycles. The first-order chi connectivity index (χ1) is 13.2. The van der Waals surface area contributed by atoms with E-state index in [4.69, 9.17) is 4.74 Å². The van der Waals surface area contributed by atoms with E-state index in [1.807, 2.05) is 42.5 Å². The predicted octanol–water partition coefficient (Wildman–Crippen LogP) is 3.82. The van der Waals surface area contributed by atoms with Gasteiger partial charge in [0.2, 0.25) is 5.95 Å². The maximum Gasteiger partial charge on any atom is 0.277 e. The Bertz CT molecular complexity index is 974. The largest absolute Gasteiger partial charge is 0.497 e. The lowest BCUT2D eigenvalue weighted by atomic mass is 10.0. The zero-order valence-electron chi connectivity index (χ0n) is 15.1. The minimum absolute atomic E-state index is 0.113. The number of carbonyl (C=O) groups excluding carboxylic acids is 1. The second-order valence-corrected chi connectivity index (χ2v) is 6.31. The SMILES string of the molecule is COc1cccc(Nc2nccc(C(=O)N3CCCc4ccccc43)n2)c1. The molecule has 2 aromatic carbocycles. The van der Waals surface area contributed by atoms with Gasteiger partial charge in [0.25, 0.3) is 5.91 Å². The van der Waals surface area contributed by atoms with E-state index in [-0.39, 0.29) is 5.91 Å². The van der Waals surface area contributed by atoms with Gasteiger partial charge < -0.3 is 15.0 Å². The van der Waals surface area contributed by atoms with Gasteiger partial charge in [-0.3, -0.25) is 4.79 Å². The van der Waals surface area contributed by atoms with Gasteiger partial charge in [0.05, 0.1) is 7.11 Å². The van der Waals surface area contributed by atoms with Crippen LogP contribution in [0.3, 0.4) is 0 Å². The van der Waals surface area contributed by atoms with Crippen LogP contribution in [0.15, 0.2) is 60.8 Å². The molecule has 0 radical (unpaired) electrons. The Labute approximate surface area is 157 Å². The first kappa shape index (κ1) is 17.0. The Hall–Kier alpha value is -3.41. The number of hydrogen-bond acceptors (Lipinski definition) is 5. The Morgan fingerprint density at radius 1 is 1.15 bits per heavy atom. The number of benzene rings is 2. The third kappa shape index (κ3) is 3.60. The van der Waals surface area contributed by atoms with Crippen LogP contribution in [0.2, 0.25) is 0 Å². The zero-order valence-corrected chi connectivity index (χ0v) is 15.1. The highest BCUT2D eigenvalue weighted by Gasteiger charge is 2.24. The highest BCUT2D eigenvalue weighted by Crippen LogP contribution is 2.28. The Balaban J connectivity index is 1.58. The maximum atomic E-state index is 13.1. The van der Waals surface area contributed by atoms with Gasteiger partial charge in [-0.1, -0.05) is 24.3 Å². The van der Waals surface area contributed by atoms with Crippen LogP contribution < -0.4 is 15.0 Å². The summed E-state index contributed by atoms with van der Waals surface area (Å²) >= 11 is 0. The molecule has 0 spiro atoms. The number of nitrogens with zero attached hydrogens (tertiary/aromatic N) is 3. The van der Waals surface area contributed by atoms with Gasteiger partial charge in [-0.05, 0) is 42.7 Å². The van der Waals surface area contributed by atoms with Crippen LogP contribution in [0, 0.1) is 0 Å². The van der Waals surface area contributed by atoms with Crippen molar-refractivity contribution >= 4 is 23.2 Å². The number of aromatic nitrogens is 2. The molecular weight excluding hydrogens is 340 g/mol. The third-order valence-corrected chi connectivity index (χ3v) is 4.56. The zero-order chi connectivity index (χ0) is 18.6. The molecule has 3 aromatic rings. The minimum atomic E-state index is -0.113. The standard InChI is InChI=1S/C21H20N4O2/c1-27-17-9-4-8-16(14-17)23-21-22-12-11-18(24-21)20(26)25-13-5-7-15-6-2-3-10-19(15)25/h2-4,6,8-12,14H,5,7,13H2,1H3,(H,22,23,24). The van der Waals surface area contributed by atoms with Crippen LogP contribution in [0.5, 0.6) is 5.75 Å². The number of methoxy groups -OCH3 is 1. The Morgan fingerprint density at radius 3 is 2.93 bits per heavy atom. The van der Waals surface area contributed by atoms with Crippen LogP contribution in [0.25, 0.3) is 0 Å². The number of rotatable bonds is 4. The van der Waals surface area contributed by atoms with E-state index >= 15 is 0 Å². The normalized spacial score (nSPS) is 13.0. The second-order valence-electron chi connectivity index (χ2n) is 6.31. The molecule has 1 N–H and O–H groups in total. The lowest BCUT2D eigenvalue weighted by molar-refractivity contribution is 0.0980. The summed E-state index contributed by atoms with van der Waals surface area (Å²) in [6, 6.07) is 17.2. The van der Waals surface area contributed by atoms with E-state index in [1.54, 1.807) is 24.3 Å². The molecule has 0 fully saturated rings. The van der Waals surface area contributed by atoms with E-state index in [0.29, 0.717) is 18.2 Å². The number of amides is 1. The number of aryl methyl sites for hydroxylation is 1. The molecule has 6 heteroatoms. The summed E-state index contributed by atoms with van der Waals surface area (Å²) < 4.78 is 5.23. The number of fused-ring (bicyclic) bond motifs is 1. The molecule has 1 aliphatic heterocycles. The van der Waals surface area contributed by atoms with Crippen molar-refractivity contribution in [1.29, 1.82) is 0 Å². The van der Waals surface area contributed by atoms with Crippen molar-refractivity contribution in [1.82, 2.24) is 9.97 Å². The Kier molecular flexibility index (Phi) is 4.70. The van der Waals surface area contributed by atoms with Crippen LogP contribution >= 0.6 is 0 Å². The Morgan fingerprint density at radius 2 is 2.04 bits per heavy atom. The fourth-order valence-corrected chi connectivity index (χ4v) is 3.25. The molecule has 0 unspecified atom stereocenters. The first-order valence-electron chi connectivity index (χ1n) is 8.88. The van der Waals surface area contributed by atoms with Crippen molar-refractivity contribution in [3.8, 4) is 5.75 Å². The highest BCUT2D eigenvalue weighted by atomic mass is 16.5. The van der Waals surface area contributed by atoms with Crippen LogP contribution in [0.4, 0.5) is 17.3 Å². The van der Waals surface area contributed by atoms with Gasteiger partial charge in [0.15, 0.2) is 0 Å². The van der Waals surface area contributed by atoms with Gasteiger partial charge in [-0.15, -0.1) is 0 Å². The van der Waals surface area contributed by atoms with Crippen LogP contribution in [-0.4, -0.2) is 29.5 Å². The van der Waals surface area contributed by atoms with Gasteiger partial charge in [-0.2, -0.15) is 0 Å². The molecular formula is C21H20N4O2. The fourth-order valence-electron chi connectivity index (χ4n) is 3.25. The van der Waals surface area contributed by atoms with Crippen LogP contribution in [0.1, 0.15) is 22.5 Å². The molecule has 0 bridgehead atoms. The molecule has 4 rings (SSSR count). The van der Waals surface area contributed by atoms with Gasteiger partial charge in [0.1, 0.15) is 11.4 Å². The molecule has 1 amide bonds. The molecule has 0 saturated heterocycles. The summed E-state index contributed by atoms with van der Waals surface area (Å²) in [6.45, 7) is 0.693. The smallest absolute Gasteiger partial charge is 0.277 e. The average molecular weight is 360 g/mol. The number of nitrogens with one attached hydrogen (secondary N) is 1. The summed E-state index contributed by atoms with van der Waals surface area (Å²) in [5.41, 5.74) is 3.32. The van der Waals surface area contributed by atoms with Crippen molar-refractivity contribution in [2.45, 2.75) is 12.8 Å². The molecule has 0 saturated carbocycles. The summed E-state index contributed by atoms with van der Waals surface area (Å²) in [6.07, 6.45) is 3.54. The highest BCUT2D eigenvalue weighted by molar-refractivity contribution is 6.05. The number of para-hydroxylation sites is 1. The molecule has 136 valence electrons. The lowest BCUT2D eigenvalue weighted by Gasteiger charge is -2.29. The number of ether oxygens (including phenoxy) is 1. The van der Waals surface area contributed by atoms with Crippen molar-refractivity contribution in [3.63, 3.8) is 0 Å². The predicted molar refractivity (Wildman–Crippen MR) is 105 cm³/mol. The third-order valence-electron chi connectivity index (χ3n) is 4.56. The minimum Gasteiger partial charge on any atom is -0.497 e. The monoisotopic (exact) mass is 360 g/mol. The molecule has 0 atom stereocenters. The van der Waals surface area contributed by atoms with E-state index in [1.165, 1.54) is 5.56 Å². The summed E-state index contributed by atoms with van der Waals surface area (Å²) in [4.78, 5) is 23.5. The first-order valence-corrected chi connectivity index (χ1v) is 8.88. The lowest BCUT2D eigenvalue weighted by Crippen LogP contribution is -2.36. The van der Waals surface area contributed by atoms with Crippen molar-refractivity contribution in [2.24, 2.45) is 0 Å². The second kappa shape index (κ2) is 7.45. The molecule has 27 heavy (non-hydrogen) atoms. The van der Waals surface area contributed by atoms with Crippen molar-refractivity contribution < 1.29 is 9.53 Å². The maximum absolute atomic E-state index is 13.1.